The Morgan fingerprint density at radius 1 is 1.15 bits per heavy atom. The van der Waals surface area contributed by atoms with Crippen molar-refractivity contribution in [2.75, 3.05) is 13.2 Å². The summed E-state index contributed by atoms with van der Waals surface area (Å²) in [6.45, 7) is 5.09. The van der Waals surface area contributed by atoms with Crippen LogP contribution in [0.3, 0.4) is 0 Å². The Bertz CT molecular complexity index is 389. The van der Waals surface area contributed by atoms with Gasteiger partial charge in [0.05, 0.1) is 12.1 Å². The SMILES string of the molecule is CCNC(c1ccc(CC)cc1)C(C)OCC(F)(F)F. The molecule has 0 aliphatic carbocycles. The monoisotopic (exact) mass is 289 g/mol. The van der Waals surface area contributed by atoms with Crippen LogP contribution in [0.1, 0.15) is 37.9 Å². The molecule has 5 heteroatoms. The predicted molar refractivity (Wildman–Crippen MR) is 73.7 cm³/mol. The van der Waals surface area contributed by atoms with Crippen molar-refractivity contribution in [2.24, 2.45) is 0 Å². The summed E-state index contributed by atoms with van der Waals surface area (Å²) < 4.78 is 41.6. The lowest BCUT2D eigenvalue weighted by molar-refractivity contribution is -0.186. The molecule has 1 aromatic carbocycles. The predicted octanol–water partition coefficient (Wildman–Crippen LogP) is 3.87. The van der Waals surface area contributed by atoms with Gasteiger partial charge in [-0.2, -0.15) is 13.2 Å². The molecule has 0 saturated carbocycles. The van der Waals surface area contributed by atoms with Gasteiger partial charge in [0.2, 0.25) is 0 Å². The van der Waals surface area contributed by atoms with Crippen LogP contribution in [0.4, 0.5) is 13.2 Å². The summed E-state index contributed by atoms with van der Waals surface area (Å²) in [5.74, 6) is 0. The summed E-state index contributed by atoms with van der Waals surface area (Å²) in [4.78, 5) is 0. The van der Waals surface area contributed by atoms with Gasteiger partial charge in [-0.15, -0.1) is 0 Å². The molecular weight excluding hydrogens is 267 g/mol. The van der Waals surface area contributed by atoms with E-state index in [-0.39, 0.29) is 6.04 Å². The highest BCUT2D eigenvalue weighted by atomic mass is 19.4. The Hall–Kier alpha value is -1.07. The van der Waals surface area contributed by atoms with Crippen LogP contribution in [0.5, 0.6) is 0 Å². The van der Waals surface area contributed by atoms with E-state index in [1.54, 1.807) is 6.92 Å². The van der Waals surface area contributed by atoms with Crippen molar-refractivity contribution < 1.29 is 17.9 Å². The average Bonchev–Trinajstić information content (AvgIpc) is 2.41. The maximum Gasteiger partial charge on any atom is 0.411 e. The van der Waals surface area contributed by atoms with Gasteiger partial charge < -0.3 is 10.1 Å². The molecule has 0 aliphatic heterocycles. The Morgan fingerprint density at radius 3 is 2.20 bits per heavy atom. The van der Waals surface area contributed by atoms with Crippen molar-refractivity contribution in [3.8, 4) is 0 Å². The second kappa shape index (κ2) is 7.64. The third kappa shape index (κ3) is 5.51. The molecule has 1 aromatic rings. The topological polar surface area (TPSA) is 21.3 Å². The lowest BCUT2D eigenvalue weighted by Crippen LogP contribution is -2.34. The zero-order valence-electron chi connectivity index (χ0n) is 12.1. The van der Waals surface area contributed by atoms with Crippen LogP contribution in [0, 0.1) is 0 Å². The number of nitrogens with one attached hydrogen (secondary N) is 1. The van der Waals surface area contributed by atoms with Crippen LogP contribution in [0.25, 0.3) is 0 Å². The van der Waals surface area contributed by atoms with Crippen molar-refractivity contribution in [3.05, 3.63) is 35.4 Å². The smallest absolute Gasteiger partial charge is 0.367 e. The summed E-state index contributed by atoms with van der Waals surface area (Å²) in [7, 11) is 0. The first kappa shape index (κ1) is 17.0. The molecule has 0 radical (unpaired) electrons. The maximum absolute atomic E-state index is 12.2. The number of alkyl halides is 3. The number of ether oxygens (including phenoxy) is 1. The molecule has 0 fully saturated rings. The van der Waals surface area contributed by atoms with Crippen LogP contribution in [0.2, 0.25) is 0 Å². The Kier molecular flexibility index (Phi) is 6.49. The number of aryl methyl sites for hydroxylation is 1. The van der Waals surface area contributed by atoms with E-state index in [4.69, 9.17) is 4.74 Å². The van der Waals surface area contributed by atoms with Crippen molar-refractivity contribution >= 4 is 0 Å². The summed E-state index contributed by atoms with van der Waals surface area (Å²) >= 11 is 0. The van der Waals surface area contributed by atoms with E-state index in [0.717, 1.165) is 12.0 Å². The van der Waals surface area contributed by atoms with Crippen molar-refractivity contribution in [1.29, 1.82) is 0 Å². The van der Waals surface area contributed by atoms with Crippen LogP contribution in [0.15, 0.2) is 24.3 Å². The third-order valence-corrected chi connectivity index (χ3v) is 3.15. The summed E-state index contributed by atoms with van der Waals surface area (Å²) in [5.41, 5.74) is 2.14. The van der Waals surface area contributed by atoms with Gasteiger partial charge in [-0.05, 0) is 31.0 Å². The van der Waals surface area contributed by atoms with E-state index < -0.39 is 18.9 Å². The molecule has 1 N–H and O–H groups in total. The number of likely N-dealkylation sites (N-methyl/N-ethyl adjacent to an activating group) is 1. The van der Waals surface area contributed by atoms with E-state index in [9.17, 15) is 13.2 Å². The zero-order valence-corrected chi connectivity index (χ0v) is 12.1. The minimum atomic E-state index is -4.29. The number of hydrogen-bond acceptors (Lipinski definition) is 2. The quantitative estimate of drug-likeness (QED) is 0.823. The lowest BCUT2D eigenvalue weighted by Gasteiger charge is -2.26. The van der Waals surface area contributed by atoms with E-state index in [0.29, 0.717) is 6.54 Å². The average molecular weight is 289 g/mol. The summed E-state index contributed by atoms with van der Waals surface area (Å²) in [6, 6.07) is 7.64. The highest BCUT2D eigenvalue weighted by Gasteiger charge is 2.30. The van der Waals surface area contributed by atoms with Crippen molar-refractivity contribution in [1.82, 2.24) is 5.32 Å². The molecule has 0 saturated heterocycles. The molecule has 2 nitrogen and oxygen atoms in total. The first-order valence-electron chi connectivity index (χ1n) is 6.88. The van der Waals surface area contributed by atoms with Crippen LogP contribution >= 0.6 is 0 Å². The second-order valence-corrected chi connectivity index (χ2v) is 4.76. The van der Waals surface area contributed by atoms with Crippen molar-refractivity contribution in [2.45, 2.75) is 45.5 Å². The minimum Gasteiger partial charge on any atom is -0.367 e. The summed E-state index contributed by atoms with van der Waals surface area (Å²) in [6.07, 6.45) is -3.91. The van der Waals surface area contributed by atoms with Gasteiger partial charge in [0.15, 0.2) is 0 Å². The maximum atomic E-state index is 12.2. The fourth-order valence-electron chi connectivity index (χ4n) is 2.06. The largest absolute Gasteiger partial charge is 0.411 e. The standard InChI is InChI=1S/C15H22F3NO/c1-4-12-6-8-13(9-7-12)14(19-5-2)11(3)20-10-15(16,17)18/h6-9,11,14,19H,4-5,10H2,1-3H3. The molecule has 0 heterocycles. The molecule has 0 aliphatic rings. The first-order valence-corrected chi connectivity index (χ1v) is 6.88. The van der Waals surface area contributed by atoms with E-state index >= 15 is 0 Å². The minimum absolute atomic E-state index is 0.242. The van der Waals surface area contributed by atoms with Gasteiger partial charge in [-0.1, -0.05) is 38.1 Å². The number of hydrogen-bond donors (Lipinski definition) is 1. The Morgan fingerprint density at radius 2 is 1.75 bits per heavy atom. The fourth-order valence-corrected chi connectivity index (χ4v) is 2.06. The second-order valence-electron chi connectivity index (χ2n) is 4.76. The van der Waals surface area contributed by atoms with Crippen LogP contribution < -0.4 is 5.32 Å². The Balaban J connectivity index is 2.75. The lowest BCUT2D eigenvalue weighted by atomic mass is 10.00. The molecule has 2 atom stereocenters. The fraction of sp³-hybridized carbons (Fsp3) is 0.600. The van der Waals surface area contributed by atoms with Crippen LogP contribution in [-0.2, 0) is 11.2 Å². The van der Waals surface area contributed by atoms with Crippen molar-refractivity contribution in [3.63, 3.8) is 0 Å². The molecule has 20 heavy (non-hydrogen) atoms. The number of halogens is 3. The molecule has 0 spiro atoms. The number of rotatable bonds is 7. The Labute approximate surface area is 118 Å². The van der Waals surface area contributed by atoms with Gasteiger partial charge in [-0.3, -0.25) is 0 Å². The molecule has 114 valence electrons. The van der Waals surface area contributed by atoms with Gasteiger partial charge in [-0.25, -0.2) is 0 Å². The highest BCUT2D eigenvalue weighted by Crippen LogP contribution is 2.23. The molecular formula is C15H22F3NO. The highest BCUT2D eigenvalue weighted by molar-refractivity contribution is 5.25. The molecule has 2 unspecified atom stereocenters. The van der Waals surface area contributed by atoms with Gasteiger partial charge >= 0.3 is 6.18 Å². The van der Waals surface area contributed by atoms with Gasteiger partial charge in [0, 0.05) is 0 Å². The number of benzene rings is 1. The summed E-state index contributed by atoms with van der Waals surface area (Å²) in [5, 5.41) is 3.18. The molecule has 0 bridgehead atoms. The van der Waals surface area contributed by atoms with Gasteiger partial charge in [0.25, 0.3) is 0 Å². The molecule has 0 aromatic heterocycles. The molecule has 1 rings (SSSR count). The first-order chi connectivity index (χ1) is 9.37. The molecule has 0 amide bonds. The zero-order chi connectivity index (χ0) is 15.2. The van der Waals surface area contributed by atoms with Crippen LogP contribution in [-0.4, -0.2) is 25.4 Å². The third-order valence-electron chi connectivity index (χ3n) is 3.15. The van der Waals surface area contributed by atoms with E-state index in [1.165, 1.54) is 5.56 Å². The van der Waals surface area contributed by atoms with Gasteiger partial charge in [0.1, 0.15) is 6.61 Å². The van der Waals surface area contributed by atoms with E-state index in [2.05, 4.69) is 12.2 Å². The van der Waals surface area contributed by atoms with E-state index in [1.807, 2.05) is 31.2 Å². The normalized spacial score (nSPS) is 15.1.